The molecule has 1 amide bonds. The molecule has 3 aliphatic rings. The van der Waals surface area contributed by atoms with Gasteiger partial charge in [-0.3, -0.25) is 4.79 Å². The third-order valence-corrected chi connectivity index (χ3v) is 7.87. The second kappa shape index (κ2) is 12.6. The average molecular weight is 564 g/mol. The van der Waals surface area contributed by atoms with E-state index < -0.39 is 12.0 Å². The number of esters is 1. The summed E-state index contributed by atoms with van der Waals surface area (Å²) in [5.41, 5.74) is 3.07. The number of hydrogen-bond donors (Lipinski definition) is 1. The summed E-state index contributed by atoms with van der Waals surface area (Å²) in [6.45, 7) is 3.17. The monoisotopic (exact) mass is 563 g/mol. The molecule has 1 saturated heterocycles. The van der Waals surface area contributed by atoms with Crippen LogP contribution in [0.5, 0.6) is 11.5 Å². The van der Waals surface area contributed by atoms with Gasteiger partial charge in [-0.05, 0) is 43.4 Å². The maximum atomic E-state index is 13.7. The smallest absolute Gasteiger partial charge is 0.338 e. The summed E-state index contributed by atoms with van der Waals surface area (Å²) < 4.78 is 22.6. The lowest BCUT2D eigenvalue weighted by Crippen LogP contribution is -2.39. The van der Waals surface area contributed by atoms with E-state index in [0.29, 0.717) is 40.0 Å². The van der Waals surface area contributed by atoms with Crippen LogP contribution in [0, 0.1) is 0 Å². The van der Waals surface area contributed by atoms with E-state index in [9.17, 15) is 9.59 Å². The highest BCUT2D eigenvalue weighted by atomic mass is 32.2. The highest BCUT2D eigenvalue weighted by Gasteiger charge is 2.43. The number of benzene rings is 2. The molecule has 3 aliphatic heterocycles. The first-order chi connectivity index (χ1) is 19.5. The maximum absolute atomic E-state index is 13.7. The zero-order chi connectivity index (χ0) is 28.1. The van der Waals surface area contributed by atoms with Crippen LogP contribution in [-0.2, 0) is 19.1 Å². The molecule has 210 valence electrons. The van der Waals surface area contributed by atoms with E-state index in [1.54, 1.807) is 27.2 Å². The van der Waals surface area contributed by atoms with Crippen LogP contribution in [0.15, 0.2) is 70.2 Å². The van der Waals surface area contributed by atoms with E-state index in [4.69, 9.17) is 23.9 Å². The Hall–Kier alpha value is -3.76. The van der Waals surface area contributed by atoms with Gasteiger partial charge in [-0.2, -0.15) is 0 Å². The van der Waals surface area contributed by atoms with Gasteiger partial charge in [0.2, 0.25) is 5.91 Å². The fourth-order valence-electron chi connectivity index (χ4n) is 5.10. The molecular weight excluding hydrogens is 530 g/mol. The summed E-state index contributed by atoms with van der Waals surface area (Å²) in [5.74, 6) is 0.560. The number of amides is 1. The second-order valence-corrected chi connectivity index (χ2v) is 10.3. The Labute approximate surface area is 238 Å². The highest BCUT2D eigenvalue weighted by molar-refractivity contribution is 8.16. The number of hydrogen-bond acceptors (Lipinski definition) is 9. The highest BCUT2D eigenvalue weighted by Crippen LogP contribution is 2.49. The fourth-order valence-corrected chi connectivity index (χ4v) is 6.01. The van der Waals surface area contributed by atoms with Crippen LogP contribution in [0.4, 0.5) is 0 Å². The van der Waals surface area contributed by atoms with Crippen molar-refractivity contribution >= 4 is 34.5 Å². The second-order valence-electron chi connectivity index (χ2n) is 9.47. The number of ether oxygens (including phenoxy) is 4. The van der Waals surface area contributed by atoms with Gasteiger partial charge in [0.1, 0.15) is 11.5 Å². The summed E-state index contributed by atoms with van der Waals surface area (Å²) in [5, 5.41) is 5.58. The maximum Gasteiger partial charge on any atom is 0.338 e. The van der Waals surface area contributed by atoms with Gasteiger partial charge in [0.25, 0.3) is 0 Å². The molecule has 2 aromatic carbocycles. The Bertz CT molecular complexity index is 1350. The molecule has 2 atom stereocenters. The molecule has 0 aromatic heterocycles. The van der Waals surface area contributed by atoms with Crippen molar-refractivity contribution in [3.05, 3.63) is 76.3 Å². The third kappa shape index (κ3) is 5.73. The van der Waals surface area contributed by atoms with Crippen molar-refractivity contribution in [3.8, 4) is 11.5 Å². The SMILES string of the molecule is CCOC(=O)C1=C(c2ccccc2)N=C2SC=C(CC(=O)NC[C@@H]3CCCO3)N2[C@H]1c1cc(OC)ccc1OC. The van der Waals surface area contributed by atoms with E-state index in [0.717, 1.165) is 30.7 Å². The molecule has 0 spiro atoms. The van der Waals surface area contributed by atoms with Gasteiger partial charge in [-0.25, -0.2) is 9.79 Å². The summed E-state index contributed by atoms with van der Waals surface area (Å²) in [4.78, 5) is 33.7. The van der Waals surface area contributed by atoms with E-state index >= 15 is 0 Å². The zero-order valence-electron chi connectivity index (χ0n) is 22.8. The molecule has 0 radical (unpaired) electrons. The Morgan fingerprint density at radius 1 is 1.15 bits per heavy atom. The lowest BCUT2D eigenvalue weighted by molar-refractivity contribution is -0.139. The molecular formula is C30H33N3O6S. The zero-order valence-corrected chi connectivity index (χ0v) is 23.7. The van der Waals surface area contributed by atoms with Gasteiger partial charge in [-0.15, -0.1) is 0 Å². The van der Waals surface area contributed by atoms with Gasteiger partial charge >= 0.3 is 5.97 Å². The topological polar surface area (TPSA) is 98.7 Å². The minimum Gasteiger partial charge on any atom is -0.497 e. The number of methoxy groups -OCH3 is 2. The van der Waals surface area contributed by atoms with E-state index in [2.05, 4.69) is 5.32 Å². The number of nitrogens with zero attached hydrogens (tertiary/aromatic N) is 2. The summed E-state index contributed by atoms with van der Waals surface area (Å²) in [6.07, 6.45) is 2.10. The van der Waals surface area contributed by atoms with Crippen LogP contribution in [0.3, 0.4) is 0 Å². The molecule has 0 aliphatic carbocycles. The van der Waals surface area contributed by atoms with Gasteiger partial charge in [0.15, 0.2) is 5.17 Å². The largest absolute Gasteiger partial charge is 0.497 e. The summed E-state index contributed by atoms with van der Waals surface area (Å²) >= 11 is 1.42. The molecule has 2 aromatic rings. The van der Waals surface area contributed by atoms with Crippen molar-refractivity contribution in [1.29, 1.82) is 0 Å². The average Bonchev–Trinajstić information content (AvgIpc) is 3.65. The Kier molecular flexibility index (Phi) is 8.76. The van der Waals surface area contributed by atoms with Crippen molar-refractivity contribution in [2.45, 2.75) is 38.3 Å². The standard InChI is InChI=1S/C30H33N3O6S/c1-4-38-29(35)26-27(19-9-6-5-7-10-19)32-30-33(28(26)23-16-21(36-2)12-13-24(23)37-3)20(18-40-30)15-25(34)31-17-22-11-8-14-39-22/h5-7,9-10,12-13,16,18,22,28H,4,8,11,14-15,17H2,1-3H3,(H,31,34)/t22-,28-/m0/s1. The fraction of sp³-hybridized carbons (Fsp3) is 0.367. The Morgan fingerprint density at radius 2 is 1.98 bits per heavy atom. The van der Waals surface area contributed by atoms with Crippen LogP contribution < -0.4 is 14.8 Å². The predicted molar refractivity (Wildman–Crippen MR) is 154 cm³/mol. The molecule has 0 bridgehead atoms. The first kappa shape index (κ1) is 27.8. The molecule has 1 fully saturated rings. The first-order valence-electron chi connectivity index (χ1n) is 13.3. The lowest BCUT2D eigenvalue weighted by atomic mass is 9.90. The molecule has 0 unspecified atom stereocenters. The van der Waals surface area contributed by atoms with E-state index in [-0.39, 0.29) is 25.0 Å². The first-order valence-corrected chi connectivity index (χ1v) is 14.2. The minimum absolute atomic E-state index is 0.0450. The molecule has 40 heavy (non-hydrogen) atoms. The number of thioether (sulfide) groups is 1. The number of carbonyl (C=O) groups excluding carboxylic acids is 2. The number of carbonyl (C=O) groups is 2. The predicted octanol–water partition coefficient (Wildman–Crippen LogP) is 4.66. The Morgan fingerprint density at radius 3 is 2.67 bits per heavy atom. The van der Waals surface area contributed by atoms with Gasteiger partial charge in [-0.1, -0.05) is 42.1 Å². The van der Waals surface area contributed by atoms with Crippen LogP contribution in [0.1, 0.15) is 43.4 Å². The minimum atomic E-state index is -0.681. The van der Waals surface area contributed by atoms with Crippen molar-refractivity contribution in [2.24, 2.45) is 4.99 Å². The summed E-state index contributed by atoms with van der Waals surface area (Å²) in [6, 6.07) is 14.3. The quantitative estimate of drug-likeness (QED) is 0.417. The lowest BCUT2D eigenvalue weighted by Gasteiger charge is -2.37. The van der Waals surface area contributed by atoms with E-state index in [1.165, 1.54) is 11.8 Å². The Balaban J connectivity index is 1.59. The normalized spacial score (nSPS) is 20.0. The van der Waals surface area contributed by atoms with Crippen LogP contribution in [-0.4, -0.2) is 62.0 Å². The van der Waals surface area contributed by atoms with Crippen molar-refractivity contribution in [2.75, 3.05) is 34.0 Å². The molecule has 9 nitrogen and oxygen atoms in total. The van der Waals surface area contributed by atoms with E-state index in [1.807, 2.05) is 52.8 Å². The van der Waals surface area contributed by atoms with Crippen LogP contribution in [0.2, 0.25) is 0 Å². The number of amidine groups is 1. The van der Waals surface area contributed by atoms with Crippen LogP contribution in [0.25, 0.3) is 5.70 Å². The van der Waals surface area contributed by atoms with Crippen molar-refractivity contribution < 1.29 is 28.5 Å². The molecule has 0 saturated carbocycles. The van der Waals surface area contributed by atoms with Crippen molar-refractivity contribution in [1.82, 2.24) is 10.2 Å². The van der Waals surface area contributed by atoms with Gasteiger partial charge < -0.3 is 29.2 Å². The summed E-state index contributed by atoms with van der Waals surface area (Å²) in [7, 11) is 3.18. The molecule has 5 rings (SSSR count). The van der Waals surface area contributed by atoms with Gasteiger partial charge in [0, 0.05) is 30.0 Å². The number of rotatable bonds is 10. The number of fused-ring (bicyclic) bond motifs is 1. The van der Waals surface area contributed by atoms with Gasteiger partial charge in [0.05, 0.1) is 50.7 Å². The van der Waals surface area contributed by atoms with Crippen LogP contribution >= 0.6 is 11.8 Å². The number of aliphatic imine (C=N–C) groups is 1. The third-order valence-electron chi connectivity index (χ3n) is 6.98. The van der Waals surface area contributed by atoms with Crippen molar-refractivity contribution in [3.63, 3.8) is 0 Å². The molecule has 1 N–H and O–H groups in total. The molecule has 10 heteroatoms. The number of nitrogens with one attached hydrogen (secondary N) is 1. The molecule has 3 heterocycles.